The number of nitrogens with zero attached hydrogens (tertiary/aromatic N) is 2. The molecule has 0 aliphatic carbocycles. The van der Waals surface area contributed by atoms with Gasteiger partial charge in [-0.15, -0.1) is 11.8 Å². The van der Waals surface area contributed by atoms with Crippen LogP contribution in [0.15, 0.2) is 54.9 Å². The van der Waals surface area contributed by atoms with E-state index in [1.165, 1.54) is 11.8 Å². The summed E-state index contributed by atoms with van der Waals surface area (Å²) >= 11 is 13.6. The van der Waals surface area contributed by atoms with Gasteiger partial charge in [0.25, 0.3) is 0 Å². The van der Waals surface area contributed by atoms with Crippen LogP contribution in [0.1, 0.15) is 23.0 Å². The number of hydrogen-bond acceptors (Lipinski definition) is 4. The molecule has 1 amide bonds. The van der Waals surface area contributed by atoms with E-state index < -0.39 is 6.04 Å². The van der Waals surface area contributed by atoms with Gasteiger partial charge < -0.3 is 14.6 Å². The van der Waals surface area contributed by atoms with Gasteiger partial charge in [-0.1, -0.05) is 47.5 Å². The van der Waals surface area contributed by atoms with Gasteiger partial charge in [0.05, 0.1) is 12.9 Å². The largest absolute Gasteiger partial charge is 0.496 e. The molecule has 1 unspecified atom stereocenters. The molecule has 1 N–H and O–H groups in total. The zero-order chi connectivity index (χ0) is 20.8. The van der Waals surface area contributed by atoms with Crippen LogP contribution in [0.25, 0.3) is 0 Å². The van der Waals surface area contributed by atoms with Gasteiger partial charge in [0.2, 0.25) is 5.91 Å². The molecule has 1 aromatic heterocycles. The van der Waals surface area contributed by atoms with Crippen molar-refractivity contribution >= 4 is 40.9 Å². The number of rotatable bonds is 8. The summed E-state index contributed by atoms with van der Waals surface area (Å²) in [5.41, 5.74) is 1.79. The maximum atomic E-state index is 12.7. The maximum absolute atomic E-state index is 12.7. The average molecular weight is 450 g/mol. The third-order valence-electron chi connectivity index (χ3n) is 4.38. The van der Waals surface area contributed by atoms with Gasteiger partial charge in [-0.05, 0) is 23.8 Å². The number of para-hydroxylation sites is 1. The SMILES string of the molecule is COc1ccccc1C(NC(=O)CSCc1ccc(Cl)cc1Cl)c1nccn1C. The second kappa shape index (κ2) is 10.1. The van der Waals surface area contributed by atoms with Crippen LogP contribution in [0.2, 0.25) is 10.0 Å². The van der Waals surface area contributed by atoms with Crippen LogP contribution in [-0.4, -0.2) is 28.3 Å². The minimum absolute atomic E-state index is 0.0982. The number of benzene rings is 2. The molecule has 0 saturated carbocycles. The molecule has 8 heteroatoms. The first-order valence-corrected chi connectivity index (χ1v) is 10.8. The molecular weight excluding hydrogens is 429 g/mol. The van der Waals surface area contributed by atoms with Gasteiger partial charge in [-0.3, -0.25) is 4.79 Å². The van der Waals surface area contributed by atoms with E-state index in [1.807, 2.05) is 48.1 Å². The van der Waals surface area contributed by atoms with Crippen molar-refractivity contribution in [2.45, 2.75) is 11.8 Å². The third-order valence-corrected chi connectivity index (χ3v) is 5.95. The van der Waals surface area contributed by atoms with Gasteiger partial charge in [0, 0.05) is 40.8 Å². The Morgan fingerprint density at radius 3 is 2.76 bits per heavy atom. The van der Waals surface area contributed by atoms with E-state index in [0.29, 0.717) is 21.5 Å². The number of aromatic nitrogens is 2. The maximum Gasteiger partial charge on any atom is 0.230 e. The Morgan fingerprint density at radius 1 is 1.28 bits per heavy atom. The van der Waals surface area contributed by atoms with E-state index in [-0.39, 0.29) is 11.7 Å². The molecule has 3 rings (SSSR count). The molecule has 3 aromatic rings. The topological polar surface area (TPSA) is 56.1 Å². The van der Waals surface area contributed by atoms with Crippen molar-refractivity contribution in [3.05, 3.63) is 81.9 Å². The van der Waals surface area contributed by atoms with E-state index in [9.17, 15) is 4.79 Å². The lowest BCUT2D eigenvalue weighted by atomic mass is 10.0. The van der Waals surface area contributed by atoms with Crippen molar-refractivity contribution in [3.63, 3.8) is 0 Å². The first kappa shape index (κ1) is 21.6. The van der Waals surface area contributed by atoms with Crippen molar-refractivity contribution < 1.29 is 9.53 Å². The first-order valence-electron chi connectivity index (χ1n) is 8.90. The number of amides is 1. The van der Waals surface area contributed by atoms with E-state index in [1.54, 1.807) is 25.4 Å². The monoisotopic (exact) mass is 449 g/mol. The zero-order valence-corrected chi connectivity index (χ0v) is 18.4. The van der Waals surface area contributed by atoms with Gasteiger partial charge >= 0.3 is 0 Å². The number of hydrogen-bond donors (Lipinski definition) is 1. The molecule has 2 aromatic carbocycles. The summed E-state index contributed by atoms with van der Waals surface area (Å²) in [6, 6.07) is 12.6. The lowest BCUT2D eigenvalue weighted by Crippen LogP contribution is -2.32. The summed E-state index contributed by atoms with van der Waals surface area (Å²) in [5.74, 6) is 2.23. The van der Waals surface area contributed by atoms with Crippen molar-refractivity contribution in [2.24, 2.45) is 7.05 Å². The number of carbonyl (C=O) groups is 1. The molecule has 29 heavy (non-hydrogen) atoms. The third kappa shape index (κ3) is 5.47. The molecular formula is C21H21Cl2N3O2S. The molecule has 1 atom stereocenters. The molecule has 5 nitrogen and oxygen atoms in total. The van der Waals surface area contributed by atoms with Crippen LogP contribution in [0.5, 0.6) is 5.75 Å². The Balaban J connectivity index is 1.71. The minimum Gasteiger partial charge on any atom is -0.496 e. The van der Waals surface area contributed by atoms with E-state index >= 15 is 0 Å². The molecule has 0 aliphatic heterocycles. The van der Waals surface area contributed by atoms with Gasteiger partial charge in [-0.25, -0.2) is 4.98 Å². The molecule has 0 bridgehead atoms. The van der Waals surface area contributed by atoms with Crippen molar-refractivity contribution in [1.82, 2.24) is 14.9 Å². The lowest BCUT2D eigenvalue weighted by Gasteiger charge is -2.21. The van der Waals surface area contributed by atoms with Crippen molar-refractivity contribution in [2.75, 3.05) is 12.9 Å². The lowest BCUT2D eigenvalue weighted by molar-refractivity contribution is -0.119. The van der Waals surface area contributed by atoms with Crippen LogP contribution < -0.4 is 10.1 Å². The van der Waals surface area contributed by atoms with Gasteiger partial charge in [0.1, 0.15) is 17.6 Å². The summed E-state index contributed by atoms with van der Waals surface area (Å²) in [5, 5.41) is 4.28. The predicted molar refractivity (Wildman–Crippen MR) is 119 cm³/mol. The standard InChI is InChI=1S/C21H21Cl2N3O2S/c1-26-10-9-24-21(26)20(16-5-3-4-6-18(16)28-2)25-19(27)13-29-12-14-7-8-15(22)11-17(14)23/h3-11,20H,12-13H2,1-2H3,(H,25,27). The fourth-order valence-electron chi connectivity index (χ4n) is 2.94. The van der Waals surface area contributed by atoms with E-state index in [0.717, 1.165) is 17.0 Å². The fraction of sp³-hybridized carbons (Fsp3) is 0.238. The fourth-order valence-corrected chi connectivity index (χ4v) is 4.33. The van der Waals surface area contributed by atoms with Crippen LogP contribution in [-0.2, 0) is 17.6 Å². The Labute approximate surface area is 184 Å². The Bertz CT molecular complexity index is 994. The van der Waals surface area contributed by atoms with Crippen LogP contribution in [0.3, 0.4) is 0 Å². The van der Waals surface area contributed by atoms with Crippen LogP contribution >= 0.6 is 35.0 Å². The number of nitrogens with one attached hydrogen (secondary N) is 1. The molecule has 0 fully saturated rings. The zero-order valence-electron chi connectivity index (χ0n) is 16.1. The second-order valence-electron chi connectivity index (χ2n) is 6.37. The Kier molecular flexibility index (Phi) is 7.47. The summed E-state index contributed by atoms with van der Waals surface area (Å²) < 4.78 is 7.38. The quantitative estimate of drug-likeness (QED) is 0.532. The average Bonchev–Trinajstić information content (AvgIpc) is 3.13. The molecule has 1 heterocycles. The van der Waals surface area contributed by atoms with Crippen LogP contribution in [0, 0.1) is 0 Å². The second-order valence-corrected chi connectivity index (χ2v) is 8.20. The van der Waals surface area contributed by atoms with Gasteiger partial charge in [0.15, 0.2) is 0 Å². The number of ether oxygens (including phenoxy) is 1. The minimum atomic E-state index is -0.418. The van der Waals surface area contributed by atoms with Crippen LogP contribution in [0.4, 0.5) is 0 Å². The normalized spacial score (nSPS) is 11.9. The highest BCUT2D eigenvalue weighted by atomic mass is 35.5. The molecule has 152 valence electrons. The van der Waals surface area contributed by atoms with Crippen molar-refractivity contribution in [1.29, 1.82) is 0 Å². The van der Waals surface area contributed by atoms with E-state index in [2.05, 4.69) is 10.3 Å². The number of carbonyl (C=O) groups excluding carboxylic acids is 1. The highest BCUT2D eigenvalue weighted by Gasteiger charge is 2.23. The molecule has 0 aliphatic rings. The molecule has 0 radical (unpaired) electrons. The Hall–Kier alpha value is -2.15. The van der Waals surface area contributed by atoms with Gasteiger partial charge in [-0.2, -0.15) is 0 Å². The number of halogens is 2. The molecule has 0 saturated heterocycles. The summed E-state index contributed by atoms with van der Waals surface area (Å²) in [6.45, 7) is 0. The summed E-state index contributed by atoms with van der Waals surface area (Å²) in [6.07, 6.45) is 3.56. The summed E-state index contributed by atoms with van der Waals surface area (Å²) in [4.78, 5) is 17.1. The highest BCUT2D eigenvalue weighted by Crippen LogP contribution is 2.29. The smallest absolute Gasteiger partial charge is 0.230 e. The number of thioether (sulfide) groups is 1. The number of methoxy groups -OCH3 is 1. The predicted octanol–water partition coefficient (Wildman–Crippen LogP) is 4.87. The van der Waals surface area contributed by atoms with E-state index in [4.69, 9.17) is 27.9 Å². The van der Waals surface area contributed by atoms with Crippen molar-refractivity contribution in [3.8, 4) is 5.75 Å². The first-order chi connectivity index (χ1) is 14.0. The summed E-state index contributed by atoms with van der Waals surface area (Å²) in [7, 11) is 3.51. The molecule has 0 spiro atoms. The Morgan fingerprint density at radius 2 is 2.07 bits per heavy atom. The number of imidazole rings is 1. The number of aryl methyl sites for hydroxylation is 1. The highest BCUT2D eigenvalue weighted by molar-refractivity contribution is 7.99.